The zero-order valence-electron chi connectivity index (χ0n) is 11.3. The molecule has 2 heterocycles. The van der Waals surface area contributed by atoms with Crippen LogP contribution in [0.5, 0.6) is 0 Å². The summed E-state index contributed by atoms with van der Waals surface area (Å²) in [5.74, 6) is -0.254. The van der Waals surface area contributed by atoms with Gasteiger partial charge in [-0.1, -0.05) is 0 Å². The van der Waals surface area contributed by atoms with Gasteiger partial charge in [0.05, 0.1) is 22.1 Å². The topological polar surface area (TPSA) is 62.3 Å². The third kappa shape index (κ3) is 2.16. The van der Waals surface area contributed by atoms with Crippen LogP contribution in [-0.4, -0.2) is 33.8 Å². The predicted molar refractivity (Wildman–Crippen MR) is 78.6 cm³/mol. The van der Waals surface area contributed by atoms with Crippen molar-refractivity contribution in [3.05, 3.63) is 23.7 Å². The zero-order valence-corrected chi connectivity index (χ0v) is 12.1. The molecule has 0 aliphatic carbocycles. The molecule has 0 bridgehead atoms. The molecule has 2 amide bonds. The van der Waals surface area contributed by atoms with Crippen LogP contribution in [0.3, 0.4) is 0 Å². The summed E-state index contributed by atoms with van der Waals surface area (Å²) in [5.41, 5.74) is 3.58. The summed E-state index contributed by atoms with van der Waals surface area (Å²) in [6, 6.07) is 5.21. The van der Waals surface area contributed by atoms with Gasteiger partial charge in [-0.15, -0.1) is 11.3 Å². The number of hydrogen-bond donors (Lipinski definition) is 1. The van der Waals surface area contributed by atoms with Gasteiger partial charge in [-0.3, -0.25) is 14.5 Å². The van der Waals surface area contributed by atoms with E-state index in [0.29, 0.717) is 0 Å². The molecule has 6 heteroatoms. The second-order valence-electron chi connectivity index (χ2n) is 5.13. The third-order valence-corrected chi connectivity index (χ3v) is 4.16. The molecule has 1 aliphatic rings. The molecule has 1 aromatic heterocycles. The molecule has 0 saturated carbocycles. The summed E-state index contributed by atoms with van der Waals surface area (Å²) in [4.78, 5) is 29.6. The van der Waals surface area contributed by atoms with Crippen LogP contribution in [0, 0.1) is 0 Å². The first kappa shape index (κ1) is 13.1. The molecule has 5 nitrogen and oxygen atoms in total. The average molecular weight is 289 g/mol. The van der Waals surface area contributed by atoms with Crippen molar-refractivity contribution in [3.63, 3.8) is 0 Å². The number of amides is 2. The summed E-state index contributed by atoms with van der Waals surface area (Å²) in [6.07, 6.45) is 0.220. The van der Waals surface area contributed by atoms with Crippen LogP contribution in [0.4, 0.5) is 5.69 Å². The molecule has 1 aromatic carbocycles. The number of anilines is 1. The van der Waals surface area contributed by atoms with Gasteiger partial charge >= 0.3 is 0 Å². The third-order valence-electron chi connectivity index (χ3n) is 3.37. The lowest BCUT2D eigenvalue weighted by atomic mass is 10.2. The highest BCUT2D eigenvalue weighted by molar-refractivity contribution is 7.16. The van der Waals surface area contributed by atoms with Gasteiger partial charge in [0, 0.05) is 11.7 Å². The van der Waals surface area contributed by atoms with Crippen molar-refractivity contribution in [3.8, 4) is 0 Å². The SMILES string of the molecule is CC(C)N1C(=O)CC(Nc2ccc3ncsc3c2)C1=O. The van der Waals surface area contributed by atoms with Crippen LogP contribution in [-0.2, 0) is 9.59 Å². The van der Waals surface area contributed by atoms with E-state index < -0.39 is 6.04 Å². The number of carbonyl (C=O) groups excluding carboxylic acids is 2. The fraction of sp³-hybridized carbons (Fsp3) is 0.357. The van der Waals surface area contributed by atoms with Crippen molar-refractivity contribution in [1.82, 2.24) is 9.88 Å². The molecular formula is C14H15N3O2S. The van der Waals surface area contributed by atoms with Crippen molar-refractivity contribution in [2.75, 3.05) is 5.32 Å². The molecular weight excluding hydrogens is 274 g/mol. The van der Waals surface area contributed by atoms with Crippen LogP contribution in [0.1, 0.15) is 20.3 Å². The van der Waals surface area contributed by atoms with Gasteiger partial charge in [0.15, 0.2) is 0 Å². The molecule has 1 unspecified atom stereocenters. The number of benzene rings is 1. The highest BCUT2D eigenvalue weighted by atomic mass is 32.1. The number of aromatic nitrogens is 1. The van der Waals surface area contributed by atoms with E-state index in [9.17, 15) is 9.59 Å². The Morgan fingerprint density at radius 2 is 2.20 bits per heavy atom. The molecule has 1 atom stereocenters. The fourth-order valence-electron chi connectivity index (χ4n) is 2.45. The smallest absolute Gasteiger partial charge is 0.252 e. The minimum Gasteiger partial charge on any atom is -0.373 e. The van der Waals surface area contributed by atoms with Gasteiger partial charge < -0.3 is 5.32 Å². The molecule has 1 aliphatic heterocycles. The Morgan fingerprint density at radius 1 is 1.40 bits per heavy atom. The second-order valence-corrected chi connectivity index (χ2v) is 6.02. The van der Waals surface area contributed by atoms with E-state index in [1.165, 1.54) is 4.90 Å². The van der Waals surface area contributed by atoms with Crippen LogP contribution < -0.4 is 5.32 Å². The van der Waals surface area contributed by atoms with E-state index >= 15 is 0 Å². The maximum absolute atomic E-state index is 12.2. The maximum Gasteiger partial charge on any atom is 0.252 e. The largest absolute Gasteiger partial charge is 0.373 e. The summed E-state index contributed by atoms with van der Waals surface area (Å²) in [7, 11) is 0. The number of thiazole rings is 1. The van der Waals surface area contributed by atoms with Crippen molar-refractivity contribution < 1.29 is 9.59 Å². The molecule has 20 heavy (non-hydrogen) atoms. The van der Waals surface area contributed by atoms with E-state index in [2.05, 4.69) is 10.3 Å². The first-order valence-electron chi connectivity index (χ1n) is 6.52. The Kier molecular flexibility index (Phi) is 3.17. The minimum absolute atomic E-state index is 0.0919. The van der Waals surface area contributed by atoms with E-state index in [-0.39, 0.29) is 24.3 Å². The lowest BCUT2D eigenvalue weighted by Crippen LogP contribution is -2.39. The molecule has 104 valence electrons. The Labute approximate surface area is 120 Å². The first-order chi connectivity index (χ1) is 9.56. The van der Waals surface area contributed by atoms with Gasteiger partial charge in [0.25, 0.3) is 5.91 Å². The monoisotopic (exact) mass is 289 g/mol. The molecule has 0 spiro atoms. The molecule has 3 rings (SSSR count). The fourth-order valence-corrected chi connectivity index (χ4v) is 3.17. The molecule has 2 aromatic rings. The van der Waals surface area contributed by atoms with Crippen molar-refractivity contribution in [1.29, 1.82) is 0 Å². The van der Waals surface area contributed by atoms with Crippen molar-refractivity contribution >= 4 is 39.1 Å². The molecule has 1 N–H and O–H groups in total. The highest BCUT2D eigenvalue weighted by Crippen LogP contribution is 2.25. The van der Waals surface area contributed by atoms with E-state index in [1.54, 1.807) is 16.8 Å². The summed E-state index contributed by atoms with van der Waals surface area (Å²) in [6.45, 7) is 3.70. The molecule has 0 radical (unpaired) electrons. The van der Waals surface area contributed by atoms with Gasteiger partial charge in [-0.2, -0.15) is 0 Å². The maximum atomic E-state index is 12.2. The summed E-state index contributed by atoms with van der Waals surface area (Å²) >= 11 is 1.55. The van der Waals surface area contributed by atoms with Crippen molar-refractivity contribution in [2.24, 2.45) is 0 Å². The summed E-state index contributed by atoms with van der Waals surface area (Å²) in [5, 5.41) is 3.15. The lowest BCUT2D eigenvalue weighted by Gasteiger charge is -2.19. The number of fused-ring (bicyclic) bond motifs is 1. The Bertz CT molecular complexity index is 680. The number of rotatable bonds is 3. The quantitative estimate of drug-likeness (QED) is 0.880. The Hall–Kier alpha value is -1.95. The van der Waals surface area contributed by atoms with E-state index in [4.69, 9.17) is 0 Å². The molecule has 1 fully saturated rings. The predicted octanol–water partition coefficient (Wildman–Crippen LogP) is 2.24. The lowest BCUT2D eigenvalue weighted by molar-refractivity contribution is -0.140. The normalized spacial score (nSPS) is 19.4. The van der Waals surface area contributed by atoms with Gasteiger partial charge in [-0.25, -0.2) is 4.98 Å². The van der Waals surface area contributed by atoms with E-state index in [1.807, 2.05) is 32.0 Å². The molecule has 1 saturated heterocycles. The number of imide groups is 1. The van der Waals surface area contributed by atoms with Gasteiger partial charge in [0.2, 0.25) is 5.91 Å². The van der Waals surface area contributed by atoms with Crippen LogP contribution >= 0.6 is 11.3 Å². The van der Waals surface area contributed by atoms with Crippen LogP contribution in [0.2, 0.25) is 0 Å². The number of carbonyl (C=O) groups is 2. The van der Waals surface area contributed by atoms with Gasteiger partial charge in [0.1, 0.15) is 6.04 Å². The standard InChI is InChI=1S/C14H15N3O2S/c1-8(2)17-13(18)6-11(14(17)19)16-9-3-4-10-12(5-9)20-7-15-10/h3-5,7-8,11,16H,6H2,1-2H3. The highest BCUT2D eigenvalue weighted by Gasteiger charge is 2.39. The number of likely N-dealkylation sites (tertiary alicyclic amines) is 1. The number of nitrogens with one attached hydrogen (secondary N) is 1. The van der Waals surface area contributed by atoms with E-state index in [0.717, 1.165) is 15.9 Å². The Balaban J connectivity index is 1.81. The van der Waals surface area contributed by atoms with Gasteiger partial charge in [-0.05, 0) is 32.0 Å². The second kappa shape index (κ2) is 4.86. The zero-order chi connectivity index (χ0) is 14.3. The Morgan fingerprint density at radius 3 is 2.90 bits per heavy atom. The number of hydrogen-bond acceptors (Lipinski definition) is 5. The first-order valence-corrected chi connectivity index (χ1v) is 7.40. The summed E-state index contributed by atoms with van der Waals surface area (Å²) < 4.78 is 1.06. The number of nitrogens with zero attached hydrogens (tertiary/aromatic N) is 2. The average Bonchev–Trinajstić information content (AvgIpc) is 2.94. The van der Waals surface area contributed by atoms with Crippen LogP contribution in [0.25, 0.3) is 10.2 Å². The minimum atomic E-state index is -0.463. The van der Waals surface area contributed by atoms with Crippen LogP contribution in [0.15, 0.2) is 23.7 Å². The van der Waals surface area contributed by atoms with Crippen molar-refractivity contribution in [2.45, 2.75) is 32.4 Å².